The molecule has 1 saturated heterocycles. The van der Waals surface area contributed by atoms with Gasteiger partial charge in [0.15, 0.2) is 0 Å². The van der Waals surface area contributed by atoms with Crippen LogP contribution in [-0.4, -0.2) is 34.7 Å². The van der Waals surface area contributed by atoms with Gasteiger partial charge in [0.05, 0.1) is 6.10 Å². The van der Waals surface area contributed by atoms with Crippen molar-refractivity contribution in [3.63, 3.8) is 0 Å². The molecular weight excluding hydrogens is 126 g/mol. The molecule has 0 aromatic carbocycles. The van der Waals surface area contributed by atoms with Crippen LogP contribution in [-0.2, 0) is 0 Å². The minimum atomic E-state index is -0.0857. The number of aliphatic hydroxyl groups excluding tert-OH is 1. The van der Waals surface area contributed by atoms with Gasteiger partial charge in [-0.2, -0.15) is 0 Å². The van der Waals surface area contributed by atoms with E-state index in [0.29, 0.717) is 12.1 Å². The maximum Gasteiger partial charge on any atom is 0.0682 e. The topological polar surface area (TPSA) is 23.5 Å². The highest BCUT2D eigenvalue weighted by Crippen LogP contribution is 2.19. The fraction of sp³-hybridized carbons (Fsp3) is 1.00. The molecule has 1 rings (SSSR count). The summed E-state index contributed by atoms with van der Waals surface area (Å²) in [5.74, 6) is 0. The van der Waals surface area contributed by atoms with E-state index in [4.69, 9.17) is 0 Å². The molecule has 0 bridgehead atoms. The molecule has 1 heterocycles. The first kappa shape index (κ1) is 8.02. The molecule has 1 aliphatic rings. The van der Waals surface area contributed by atoms with Gasteiger partial charge in [0.25, 0.3) is 0 Å². The van der Waals surface area contributed by atoms with Crippen LogP contribution in [0.3, 0.4) is 0 Å². The van der Waals surface area contributed by atoms with Crippen molar-refractivity contribution in [3.05, 3.63) is 0 Å². The molecule has 0 aromatic heterocycles. The maximum atomic E-state index is 9.28. The van der Waals surface area contributed by atoms with Gasteiger partial charge in [-0.05, 0) is 27.2 Å². The molecule has 0 spiro atoms. The van der Waals surface area contributed by atoms with Crippen LogP contribution in [0.5, 0.6) is 0 Å². The van der Waals surface area contributed by atoms with Gasteiger partial charge in [0.2, 0.25) is 0 Å². The summed E-state index contributed by atoms with van der Waals surface area (Å²) in [6.07, 6.45) is 0.857. The van der Waals surface area contributed by atoms with Gasteiger partial charge in [0, 0.05) is 18.6 Å². The molecule has 10 heavy (non-hydrogen) atoms. The minimum absolute atomic E-state index is 0.0857. The zero-order chi connectivity index (χ0) is 7.72. The molecule has 2 unspecified atom stereocenters. The Hall–Kier alpha value is -0.0800. The second kappa shape index (κ2) is 2.89. The standard InChI is InChI=1S/C8H17NO/c1-6(2)9-5-8(10)4-7(9)3/h6-8,10H,4-5H2,1-3H3. The fourth-order valence-electron chi connectivity index (χ4n) is 1.75. The van der Waals surface area contributed by atoms with Crippen LogP contribution in [0.25, 0.3) is 0 Å². The molecule has 1 aliphatic heterocycles. The number of likely N-dealkylation sites (tertiary alicyclic amines) is 1. The molecular formula is C8H17NO. The van der Waals surface area contributed by atoms with Crippen LogP contribution in [0.4, 0.5) is 0 Å². The van der Waals surface area contributed by atoms with Crippen molar-refractivity contribution in [2.45, 2.75) is 45.4 Å². The van der Waals surface area contributed by atoms with Crippen LogP contribution in [0, 0.1) is 0 Å². The van der Waals surface area contributed by atoms with Crippen molar-refractivity contribution in [1.29, 1.82) is 0 Å². The van der Waals surface area contributed by atoms with E-state index < -0.39 is 0 Å². The lowest BCUT2D eigenvalue weighted by atomic mass is 10.2. The monoisotopic (exact) mass is 143 g/mol. The van der Waals surface area contributed by atoms with E-state index in [1.807, 2.05) is 0 Å². The van der Waals surface area contributed by atoms with E-state index in [1.165, 1.54) is 0 Å². The molecule has 1 N–H and O–H groups in total. The fourth-order valence-corrected chi connectivity index (χ4v) is 1.75. The summed E-state index contributed by atoms with van der Waals surface area (Å²) < 4.78 is 0. The number of aliphatic hydroxyl groups is 1. The van der Waals surface area contributed by atoms with E-state index in [1.54, 1.807) is 0 Å². The Bertz CT molecular complexity index is 114. The van der Waals surface area contributed by atoms with Crippen molar-refractivity contribution in [1.82, 2.24) is 4.90 Å². The van der Waals surface area contributed by atoms with Crippen LogP contribution < -0.4 is 0 Å². The van der Waals surface area contributed by atoms with Gasteiger partial charge >= 0.3 is 0 Å². The SMILES string of the molecule is CC(C)N1CC(O)CC1C. The lowest BCUT2D eigenvalue weighted by Crippen LogP contribution is -2.34. The van der Waals surface area contributed by atoms with Gasteiger partial charge in [-0.15, -0.1) is 0 Å². The normalized spacial score (nSPS) is 35.7. The first-order valence-corrected chi connectivity index (χ1v) is 4.05. The summed E-state index contributed by atoms with van der Waals surface area (Å²) in [7, 11) is 0. The van der Waals surface area contributed by atoms with E-state index in [2.05, 4.69) is 25.7 Å². The van der Waals surface area contributed by atoms with Gasteiger partial charge in [-0.1, -0.05) is 0 Å². The van der Waals surface area contributed by atoms with Crippen molar-refractivity contribution in [2.75, 3.05) is 6.54 Å². The number of hydrogen-bond donors (Lipinski definition) is 1. The van der Waals surface area contributed by atoms with Gasteiger partial charge < -0.3 is 5.11 Å². The van der Waals surface area contributed by atoms with Gasteiger partial charge in [-0.3, -0.25) is 4.90 Å². The van der Waals surface area contributed by atoms with E-state index >= 15 is 0 Å². The summed E-state index contributed by atoms with van der Waals surface area (Å²) in [4.78, 5) is 2.34. The zero-order valence-electron chi connectivity index (χ0n) is 7.04. The molecule has 0 saturated carbocycles. The van der Waals surface area contributed by atoms with Crippen LogP contribution in [0.2, 0.25) is 0 Å². The molecule has 0 aliphatic carbocycles. The largest absolute Gasteiger partial charge is 0.392 e. The Balaban J connectivity index is 2.46. The first-order chi connectivity index (χ1) is 4.61. The summed E-state index contributed by atoms with van der Waals surface area (Å²) in [5.41, 5.74) is 0. The average molecular weight is 143 g/mol. The Kier molecular flexibility index (Phi) is 2.32. The average Bonchev–Trinajstić information content (AvgIpc) is 2.10. The van der Waals surface area contributed by atoms with Gasteiger partial charge in [0.1, 0.15) is 0 Å². The smallest absolute Gasteiger partial charge is 0.0682 e. The molecule has 0 amide bonds. The molecule has 1 fully saturated rings. The highest BCUT2D eigenvalue weighted by molar-refractivity contribution is 4.83. The summed E-state index contributed by atoms with van der Waals surface area (Å²) in [5, 5.41) is 9.28. The highest BCUT2D eigenvalue weighted by Gasteiger charge is 2.28. The van der Waals surface area contributed by atoms with Crippen LogP contribution >= 0.6 is 0 Å². The van der Waals surface area contributed by atoms with Crippen LogP contribution in [0.1, 0.15) is 27.2 Å². The molecule has 0 aromatic rings. The number of hydrogen-bond acceptors (Lipinski definition) is 2. The Morgan fingerprint density at radius 1 is 1.50 bits per heavy atom. The van der Waals surface area contributed by atoms with Gasteiger partial charge in [-0.25, -0.2) is 0 Å². The first-order valence-electron chi connectivity index (χ1n) is 4.05. The summed E-state index contributed by atoms with van der Waals surface area (Å²) in [6.45, 7) is 7.39. The van der Waals surface area contributed by atoms with Crippen molar-refractivity contribution < 1.29 is 5.11 Å². The predicted molar refractivity (Wildman–Crippen MR) is 41.9 cm³/mol. The van der Waals surface area contributed by atoms with Crippen molar-refractivity contribution in [3.8, 4) is 0 Å². The quantitative estimate of drug-likeness (QED) is 0.588. The second-order valence-electron chi connectivity index (χ2n) is 3.53. The number of β-amino-alcohol motifs (C(OH)–C–C–N with tert-alkyl or cyclic N) is 1. The zero-order valence-corrected chi connectivity index (χ0v) is 7.04. The Morgan fingerprint density at radius 2 is 2.10 bits per heavy atom. The number of rotatable bonds is 1. The molecule has 2 nitrogen and oxygen atoms in total. The highest BCUT2D eigenvalue weighted by atomic mass is 16.3. The third-order valence-electron chi connectivity index (χ3n) is 2.26. The molecule has 60 valence electrons. The third kappa shape index (κ3) is 1.50. The minimum Gasteiger partial charge on any atom is -0.392 e. The lowest BCUT2D eigenvalue weighted by Gasteiger charge is -2.24. The Morgan fingerprint density at radius 3 is 2.30 bits per heavy atom. The summed E-state index contributed by atoms with van der Waals surface area (Å²) >= 11 is 0. The Labute approximate surface area is 62.8 Å². The maximum absolute atomic E-state index is 9.28. The van der Waals surface area contributed by atoms with E-state index in [0.717, 1.165) is 13.0 Å². The second-order valence-corrected chi connectivity index (χ2v) is 3.53. The van der Waals surface area contributed by atoms with Crippen molar-refractivity contribution in [2.24, 2.45) is 0 Å². The number of nitrogens with zero attached hydrogens (tertiary/aromatic N) is 1. The molecule has 2 heteroatoms. The third-order valence-corrected chi connectivity index (χ3v) is 2.26. The van der Waals surface area contributed by atoms with Crippen LogP contribution in [0.15, 0.2) is 0 Å². The molecule has 0 radical (unpaired) electrons. The lowest BCUT2D eigenvalue weighted by molar-refractivity contribution is 0.161. The van der Waals surface area contributed by atoms with E-state index in [9.17, 15) is 5.11 Å². The molecule has 2 atom stereocenters. The summed E-state index contributed by atoms with van der Waals surface area (Å²) in [6, 6.07) is 1.14. The predicted octanol–water partition coefficient (Wildman–Crippen LogP) is 0.850. The van der Waals surface area contributed by atoms with E-state index in [-0.39, 0.29) is 6.10 Å². The van der Waals surface area contributed by atoms with Crippen molar-refractivity contribution >= 4 is 0 Å².